The lowest BCUT2D eigenvalue weighted by molar-refractivity contribution is 0.0636. The number of nitrogens with one attached hydrogen (secondary N) is 1. The fourth-order valence-corrected chi connectivity index (χ4v) is 2.91. The second-order valence-corrected chi connectivity index (χ2v) is 7.89. The summed E-state index contributed by atoms with van der Waals surface area (Å²) in [5.41, 5.74) is 3.09. The van der Waals surface area contributed by atoms with Crippen LogP contribution in [0.25, 0.3) is 11.3 Å². The molecule has 1 N–H and O–H groups in total. The minimum atomic E-state index is -0.551. The summed E-state index contributed by atoms with van der Waals surface area (Å²) >= 11 is 0. The van der Waals surface area contributed by atoms with Gasteiger partial charge in [-0.25, -0.2) is 14.8 Å². The van der Waals surface area contributed by atoms with Crippen LogP contribution in [0, 0.1) is 11.3 Å². The highest BCUT2D eigenvalue weighted by Crippen LogP contribution is 2.25. The van der Waals surface area contributed by atoms with Crippen LogP contribution in [0.3, 0.4) is 0 Å². The average Bonchev–Trinajstić information content (AvgIpc) is 2.73. The van der Waals surface area contributed by atoms with E-state index in [-0.39, 0.29) is 0 Å². The van der Waals surface area contributed by atoms with Crippen LogP contribution in [0.4, 0.5) is 10.5 Å². The van der Waals surface area contributed by atoms with Crippen LogP contribution >= 0.6 is 0 Å². The SMILES string of the molecule is COc1ccc(-c2ccnc(Cc3ccc(NC(=O)OC(C)(C)C)cc3)n2)cc1C#N. The summed E-state index contributed by atoms with van der Waals surface area (Å²) in [6.45, 7) is 5.45. The number of methoxy groups -OCH3 is 1. The maximum Gasteiger partial charge on any atom is 0.412 e. The second-order valence-electron chi connectivity index (χ2n) is 7.89. The Morgan fingerprint density at radius 1 is 1.13 bits per heavy atom. The molecule has 0 aliphatic carbocycles. The summed E-state index contributed by atoms with van der Waals surface area (Å²) in [4.78, 5) is 20.9. The zero-order valence-corrected chi connectivity index (χ0v) is 18.0. The Morgan fingerprint density at radius 2 is 1.87 bits per heavy atom. The van der Waals surface area contributed by atoms with E-state index >= 15 is 0 Å². The molecule has 7 heteroatoms. The number of aromatic nitrogens is 2. The van der Waals surface area contributed by atoms with E-state index in [1.807, 2.05) is 51.1 Å². The van der Waals surface area contributed by atoms with Crippen molar-refractivity contribution in [1.82, 2.24) is 9.97 Å². The number of hydrogen-bond acceptors (Lipinski definition) is 6. The van der Waals surface area contributed by atoms with Crippen molar-refractivity contribution in [3.63, 3.8) is 0 Å². The molecular weight excluding hydrogens is 392 g/mol. The highest BCUT2D eigenvalue weighted by atomic mass is 16.6. The number of carbonyl (C=O) groups is 1. The van der Waals surface area contributed by atoms with Crippen molar-refractivity contribution in [1.29, 1.82) is 5.26 Å². The van der Waals surface area contributed by atoms with Crippen molar-refractivity contribution in [2.75, 3.05) is 12.4 Å². The number of nitriles is 1. The van der Waals surface area contributed by atoms with Crippen LogP contribution in [-0.4, -0.2) is 28.8 Å². The van der Waals surface area contributed by atoms with Gasteiger partial charge in [-0.1, -0.05) is 12.1 Å². The highest BCUT2D eigenvalue weighted by Gasteiger charge is 2.16. The number of amides is 1. The van der Waals surface area contributed by atoms with Crippen molar-refractivity contribution in [3.05, 3.63) is 71.7 Å². The standard InChI is InChI=1S/C24H24N4O3/c1-24(2,3)31-23(29)27-19-8-5-16(6-9-19)13-22-26-12-11-20(28-22)17-7-10-21(30-4)18(14-17)15-25/h5-12,14H,13H2,1-4H3,(H,27,29). The fraction of sp³-hybridized carbons (Fsp3) is 0.250. The van der Waals surface area contributed by atoms with Gasteiger partial charge in [0.1, 0.15) is 23.2 Å². The van der Waals surface area contributed by atoms with Gasteiger partial charge in [-0.15, -0.1) is 0 Å². The largest absolute Gasteiger partial charge is 0.495 e. The molecule has 0 aliphatic rings. The number of carbonyl (C=O) groups excluding carboxylic acids is 1. The lowest BCUT2D eigenvalue weighted by atomic mass is 10.1. The molecule has 1 aromatic heterocycles. The Labute approximate surface area is 181 Å². The van der Waals surface area contributed by atoms with Gasteiger partial charge in [0.15, 0.2) is 0 Å². The Hall–Kier alpha value is -3.92. The Balaban J connectivity index is 1.71. The molecule has 3 rings (SSSR count). The van der Waals surface area contributed by atoms with E-state index in [1.54, 1.807) is 24.4 Å². The maximum absolute atomic E-state index is 11.9. The first kappa shape index (κ1) is 21.8. The van der Waals surface area contributed by atoms with Crippen LogP contribution in [-0.2, 0) is 11.2 Å². The third-order valence-corrected chi connectivity index (χ3v) is 4.28. The minimum absolute atomic E-state index is 0.452. The molecule has 0 radical (unpaired) electrons. The second kappa shape index (κ2) is 9.26. The molecule has 0 saturated carbocycles. The Bertz CT molecular complexity index is 1110. The quantitative estimate of drug-likeness (QED) is 0.631. The van der Waals surface area contributed by atoms with Gasteiger partial charge in [0.2, 0.25) is 0 Å². The normalized spacial score (nSPS) is 10.8. The number of benzene rings is 2. The van der Waals surface area contributed by atoms with Gasteiger partial charge in [0.25, 0.3) is 0 Å². The molecule has 1 heterocycles. The zero-order chi connectivity index (χ0) is 22.4. The molecule has 0 unspecified atom stereocenters. The lowest BCUT2D eigenvalue weighted by Crippen LogP contribution is -2.27. The first-order valence-corrected chi connectivity index (χ1v) is 9.77. The summed E-state index contributed by atoms with van der Waals surface area (Å²) in [5.74, 6) is 1.18. The van der Waals surface area contributed by atoms with Crippen LogP contribution in [0.2, 0.25) is 0 Å². The molecule has 158 valence electrons. The van der Waals surface area contributed by atoms with Gasteiger partial charge < -0.3 is 9.47 Å². The zero-order valence-electron chi connectivity index (χ0n) is 18.0. The third-order valence-electron chi connectivity index (χ3n) is 4.28. The molecule has 2 aromatic carbocycles. The van der Waals surface area contributed by atoms with Crippen molar-refractivity contribution < 1.29 is 14.3 Å². The van der Waals surface area contributed by atoms with Crippen molar-refractivity contribution >= 4 is 11.8 Å². The van der Waals surface area contributed by atoms with Gasteiger partial charge in [0, 0.05) is 23.9 Å². The van der Waals surface area contributed by atoms with Crippen molar-refractivity contribution in [2.45, 2.75) is 32.8 Å². The summed E-state index contributed by atoms with van der Waals surface area (Å²) in [5, 5.41) is 12.0. The molecule has 0 atom stereocenters. The van der Waals surface area contributed by atoms with Crippen LogP contribution < -0.4 is 10.1 Å². The Kier molecular flexibility index (Phi) is 6.51. The fourth-order valence-electron chi connectivity index (χ4n) is 2.91. The minimum Gasteiger partial charge on any atom is -0.495 e. The Morgan fingerprint density at radius 3 is 2.52 bits per heavy atom. The van der Waals surface area contributed by atoms with E-state index in [0.717, 1.165) is 16.8 Å². The molecule has 1 amide bonds. The van der Waals surface area contributed by atoms with E-state index in [9.17, 15) is 10.1 Å². The van der Waals surface area contributed by atoms with Crippen LogP contribution in [0.15, 0.2) is 54.7 Å². The van der Waals surface area contributed by atoms with E-state index in [0.29, 0.717) is 29.2 Å². The number of ether oxygens (including phenoxy) is 2. The van der Waals surface area contributed by atoms with Crippen LogP contribution in [0.5, 0.6) is 5.75 Å². The summed E-state index contributed by atoms with van der Waals surface area (Å²) in [7, 11) is 1.53. The van der Waals surface area contributed by atoms with Gasteiger partial charge in [-0.3, -0.25) is 5.32 Å². The van der Waals surface area contributed by atoms with Gasteiger partial charge in [-0.2, -0.15) is 5.26 Å². The lowest BCUT2D eigenvalue weighted by Gasteiger charge is -2.19. The number of rotatable bonds is 5. The first-order valence-electron chi connectivity index (χ1n) is 9.77. The van der Waals surface area contributed by atoms with Crippen molar-refractivity contribution in [2.24, 2.45) is 0 Å². The summed E-state index contributed by atoms with van der Waals surface area (Å²) in [6, 6.07) is 16.7. The molecule has 0 spiro atoms. The molecule has 0 saturated heterocycles. The third kappa shape index (κ3) is 6.03. The number of hydrogen-bond donors (Lipinski definition) is 1. The van der Waals surface area contributed by atoms with Gasteiger partial charge in [-0.05, 0) is 62.7 Å². The number of nitrogens with zero attached hydrogens (tertiary/aromatic N) is 3. The molecule has 0 fully saturated rings. The average molecular weight is 416 g/mol. The van der Waals surface area contributed by atoms with E-state index < -0.39 is 11.7 Å². The maximum atomic E-state index is 11.9. The molecule has 0 aliphatic heterocycles. The number of anilines is 1. The van der Waals surface area contributed by atoms with E-state index in [4.69, 9.17) is 9.47 Å². The van der Waals surface area contributed by atoms with Crippen molar-refractivity contribution in [3.8, 4) is 23.1 Å². The molecular formula is C24H24N4O3. The summed E-state index contributed by atoms with van der Waals surface area (Å²) < 4.78 is 10.5. The smallest absolute Gasteiger partial charge is 0.412 e. The van der Waals surface area contributed by atoms with Gasteiger partial charge in [0.05, 0.1) is 18.4 Å². The molecule has 0 bridgehead atoms. The van der Waals surface area contributed by atoms with E-state index in [2.05, 4.69) is 21.4 Å². The predicted octanol–water partition coefficient (Wildman–Crippen LogP) is 4.96. The van der Waals surface area contributed by atoms with E-state index in [1.165, 1.54) is 7.11 Å². The van der Waals surface area contributed by atoms with Gasteiger partial charge >= 0.3 is 6.09 Å². The molecule has 3 aromatic rings. The summed E-state index contributed by atoms with van der Waals surface area (Å²) in [6.07, 6.45) is 1.74. The predicted molar refractivity (Wildman–Crippen MR) is 118 cm³/mol. The van der Waals surface area contributed by atoms with Crippen LogP contribution in [0.1, 0.15) is 37.7 Å². The topological polar surface area (TPSA) is 97.1 Å². The highest BCUT2D eigenvalue weighted by molar-refractivity contribution is 5.84. The molecule has 7 nitrogen and oxygen atoms in total. The first-order chi connectivity index (χ1) is 14.8. The molecule has 31 heavy (non-hydrogen) atoms. The monoisotopic (exact) mass is 416 g/mol.